The zero-order valence-corrected chi connectivity index (χ0v) is 14.5. The Labute approximate surface area is 134 Å². The number of carbonyl (C=O) groups excluding carboxylic acids is 1. The molecule has 1 N–H and O–H groups in total. The fourth-order valence-electron chi connectivity index (χ4n) is 3.30. The minimum atomic E-state index is -0.511. The molecule has 0 aliphatic carbocycles. The summed E-state index contributed by atoms with van der Waals surface area (Å²) in [5, 5.41) is 3.92. The van der Waals surface area contributed by atoms with E-state index in [1.54, 1.807) is 0 Å². The third-order valence-electron chi connectivity index (χ3n) is 4.57. The Kier molecular flexibility index (Phi) is 3.76. The van der Waals surface area contributed by atoms with Gasteiger partial charge in [0.25, 0.3) is 0 Å². The molecule has 2 aliphatic rings. The van der Waals surface area contributed by atoms with Crippen molar-refractivity contribution in [3.05, 3.63) is 22.8 Å². The van der Waals surface area contributed by atoms with E-state index in [-0.39, 0.29) is 12.0 Å². The van der Waals surface area contributed by atoms with Gasteiger partial charge in [-0.05, 0) is 43.9 Å². The van der Waals surface area contributed by atoms with Gasteiger partial charge in [0.1, 0.15) is 11.9 Å². The summed E-state index contributed by atoms with van der Waals surface area (Å²) in [6.45, 7) is 6.17. The molecule has 0 fully saturated rings. The molecule has 1 aromatic rings. The van der Waals surface area contributed by atoms with Gasteiger partial charge in [-0.25, -0.2) is 0 Å². The summed E-state index contributed by atoms with van der Waals surface area (Å²) < 4.78 is 6.10. The van der Waals surface area contributed by atoms with Crippen LogP contribution in [0.1, 0.15) is 50.3 Å². The molecule has 21 heavy (non-hydrogen) atoms. The first-order valence-corrected chi connectivity index (χ1v) is 8.84. The van der Waals surface area contributed by atoms with Crippen LogP contribution in [-0.2, 0) is 23.1 Å². The number of halogens is 1. The van der Waals surface area contributed by atoms with Gasteiger partial charge in [0, 0.05) is 17.3 Å². The quantitative estimate of drug-likeness (QED) is 0.833. The van der Waals surface area contributed by atoms with Crippen LogP contribution in [0, 0.1) is 0 Å². The third-order valence-corrected chi connectivity index (χ3v) is 5.30. The van der Waals surface area contributed by atoms with Gasteiger partial charge in [0.15, 0.2) is 0 Å². The van der Waals surface area contributed by atoms with E-state index in [1.165, 1.54) is 11.1 Å². The molecule has 0 spiro atoms. The number of carbonyl (C=O) groups is 1. The minimum Gasteiger partial charge on any atom is -0.489 e. The normalized spacial score (nSPS) is 21.7. The summed E-state index contributed by atoms with van der Waals surface area (Å²) in [7, 11) is 0. The van der Waals surface area contributed by atoms with Crippen LogP contribution in [0.25, 0.3) is 0 Å². The summed E-state index contributed by atoms with van der Waals surface area (Å²) in [4.78, 5) is 12.4. The molecule has 0 radical (unpaired) electrons. The predicted octanol–water partition coefficient (Wildman–Crippen LogP) is 3.96. The smallest absolute Gasteiger partial charge is 0.234 e. The Morgan fingerprint density at radius 2 is 2.24 bits per heavy atom. The summed E-state index contributed by atoms with van der Waals surface area (Å²) >= 11 is 3.51. The van der Waals surface area contributed by atoms with Crippen LogP contribution in [-0.4, -0.2) is 17.3 Å². The molecule has 0 bridgehead atoms. The number of fused-ring (bicyclic) bond motifs is 3. The SMILES string of the molecule is CCCCc1cc2c(c3c1NC(=O)C3(C)C)OC(CBr)C2. The molecular weight excluding hydrogens is 330 g/mol. The van der Waals surface area contributed by atoms with Crippen molar-refractivity contribution in [3.8, 4) is 5.75 Å². The molecular formula is C17H22BrNO2. The van der Waals surface area contributed by atoms with E-state index < -0.39 is 5.41 Å². The number of amides is 1. The largest absolute Gasteiger partial charge is 0.489 e. The zero-order valence-electron chi connectivity index (χ0n) is 12.9. The maximum Gasteiger partial charge on any atom is 0.234 e. The molecule has 2 heterocycles. The van der Waals surface area contributed by atoms with Gasteiger partial charge in [-0.15, -0.1) is 0 Å². The summed E-state index contributed by atoms with van der Waals surface area (Å²) in [5.41, 5.74) is 4.09. The van der Waals surface area contributed by atoms with Crippen molar-refractivity contribution in [1.29, 1.82) is 0 Å². The maximum atomic E-state index is 12.4. The monoisotopic (exact) mass is 351 g/mol. The highest BCUT2D eigenvalue weighted by atomic mass is 79.9. The predicted molar refractivity (Wildman–Crippen MR) is 88.6 cm³/mol. The van der Waals surface area contributed by atoms with E-state index >= 15 is 0 Å². The molecule has 2 aliphatic heterocycles. The Balaban J connectivity index is 2.13. The number of anilines is 1. The van der Waals surface area contributed by atoms with Crippen molar-refractivity contribution < 1.29 is 9.53 Å². The second kappa shape index (κ2) is 5.31. The average Bonchev–Trinajstić information content (AvgIpc) is 2.95. The van der Waals surface area contributed by atoms with E-state index in [0.717, 1.165) is 48.0 Å². The number of benzene rings is 1. The third kappa shape index (κ3) is 2.28. The first-order valence-electron chi connectivity index (χ1n) is 7.72. The number of alkyl halides is 1. The van der Waals surface area contributed by atoms with Gasteiger partial charge in [0.05, 0.1) is 11.1 Å². The zero-order chi connectivity index (χ0) is 15.2. The lowest BCUT2D eigenvalue weighted by Gasteiger charge is -2.20. The number of rotatable bonds is 4. The minimum absolute atomic E-state index is 0.0783. The number of hydrogen-bond acceptors (Lipinski definition) is 2. The average molecular weight is 352 g/mol. The van der Waals surface area contributed by atoms with Crippen molar-refractivity contribution >= 4 is 27.5 Å². The van der Waals surface area contributed by atoms with Crippen molar-refractivity contribution in [3.63, 3.8) is 0 Å². The fourth-order valence-corrected chi connectivity index (χ4v) is 3.66. The van der Waals surface area contributed by atoms with Crippen molar-refractivity contribution in [2.75, 3.05) is 10.6 Å². The van der Waals surface area contributed by atoms with Crippen LogP contribution in [0.15, 0.2) is 6.07 Å². The van der Waals surface area contributed by atoms with E-state index in [1.807, 2.05) is 13.8 Å². The lowest BCUT2D eigenvalue weighted by Crippen LogP contribution is -2.27. The lowest BCUT2D eigenvalue weighted by molar-refractivity contribution is -0.119. The van der Waals surface area contributed by atoms with Gasteiger partial charge in [-0.2, -0.15) is 0 Å². The van der Waals surface area contributed by atoms with Crippen LogP contribution >= 0.6 is 15.9 Å². The molecule has 0 aromatic heterocycles. The number of aryl methyl sites for hydroxylation is 1. The number of unbranched alkanes of at least 4 members (excludes halogenated alkanes) is 1. The Bertz CT molecular complexity index is 595. The molecule has 1 aromatic carbocycles. The van der Waals surface area contributed by atoms with Crippen LogP contribution in [0.2, 0.25) is 0 Å². The Morgan fingerprint density at radius 1 is 1.48 bits per heavy atom. The van der Waals surface area contributed by atoms with Gasteiger partial charge in [-0.3, -0.25) is 4.79 Å². The molecule has 3 rings (SSSR count). The molecule has 1 unspecified atom stereocenters. The number of ether oxygens (including phenoxy) is 1. The molecule has 1 atom stereocenters. The maximum absolute atomic E-state index is 12.4. The summed E-state index contributed by atoms with van der Waals surface area (Å²) in [6.07, 6.45) is 4.42. The van der Waals surface area contributed by atoms with Gasteiger partial charge < -0.3 is 10.1 Å². The van der Waals surface area contributed by atoms with Gasteiger partial charge in [0.2, 0.25) is 5.91 Å². The highest BCUT2D eigenvalue weighted by molar-refractivity contribution is 9.09. The van der Waals surface area contributed by atoms with Gasteiger partial charge >= 0.3 is 0 Å². The van der Waals surface area contributed by atoms with Crippen LogP contribution in [0.4, 0.5) is 5.69 Å². The highest BCUT2D eigenvalue weighted by Gasteiger charge is 2.44. The molecule has 0 saturated carbocycles. The molecule has 4 heteroatoms. The number of hydrogen-bond donors (Lipinski definition) is 1. The fraction of sp³-hybridized carbons (Fsp3) is 0.588. The van der Waals surface area contributed by atoms with Crippen LogP contribution < -0.4 is 10.1 Å². The lowest BCUT2D eigenvalue weighted by atomic mass is 9.83. The molecule has 3 nitrogen and oxygen atoms in total. The van der Waals surface area contributed by atoms with E-state index in [2.05, 4.69) is 34.2 Å². The van der Waals surface area contributed by atoms with Gasteiger partial charge in [-0.1, -0.05) is 29.3 Å². The van der Waals surface area contributed by atoms with E-state index in [0.29, 0.717) is 0 Å². The topological polar surface area (TPSA) is 38.3 Å². The first kappa shape index (κ1) is 14.9. The van der Waals surface area contributed by atoms with E-state index in [9.17, 15) is 4.79 Å². The highest BCUT2D eigenvalue weighted by Crippen LogP contribution is 2.49. The second-order valence-electron chi connectivity index (χ2n) is 6.55. The van der Waals surface area contributed by atoms with Crippen LogP contribution in [0.3, 0.4) is 0 Å². The molecule has 1 amide bonds. The number of nitrogens with one attached hydrogen (secondary N) is 1. The molecule has 114 valence electrons. The molecule has 0 saturated heterocycles. The van der Waals surface area contributed by atoms with E-state index in [4.69, 9.17) is 4.74 Å². The Hall–Kier alpha value is -1.03. The Morgan fingerprint density at radius 3 is 2.90 bits per heavy atom. The second-order valence-corrected chi connectivity index (χ2v) is 7.20. The van der Waals surface area contributed by atoms with Crippen molar-refractivity contribution in [2.45, 2.75) is 58.0 Å². The first-order chi connectivity index (χ1) is 9.98. The standard InChI is InChI=1S/C17H22BrNO2/c1-4-5-6-10-7-11-8-12(9-18)21-15(11)13-14(10)19-16(20)17(13,2)3/h7,12H,4-6,8-9H2,1-3H3,(H,19,20). The van der Waals surface area contributed by atoms with Crippen LogP contribution in [0.5, 0.6) is 5.75 Å². The van der Waals surface area contributed by atoms with Crippen molar-refractivity contribution in [2.24, 2.45) is 0 Å². The summed E-state index contributed by atoms with van der Waals surface area (Å²) in [6, 6.07) is 2.24. The summed E-state index contributed by atoms with van der Waals surface area (Å²) in [5.74, 6) is 1.02. The van der Waals surface area contributed by atoms with Crippen molar-refractivity contribution in [1.82, 2.24) is 0 Å².